The maximum absolute atomic E-state index is 10.4. The predicted octanol–water partition coefficient (Wildman–Crippen LogP) is 3.98. The van der Waals surface area contributed by atoms with Gasteiger partial charge in [-0.3, -0.25) is 0 Å². The Hall–Kier alpha value is -1.86. The molecule has 2 aromatic rings. The van der Waals surface area contributed by atoms with Crippen molar-refractivity contribution >= 4 is 33.5 Å². The molecule has 150 valence electrons. The number of hydrogen-bond donors (Lipinski definition) is 2. The van der Waals surface area contributed by atoms with Crippen LogP contribution in [0, 0.1) is 0 Å². The molecule has 7 heteroatoms. The molecule has 2 saturated heterocycles. The first-order valence-corrected chi connectivity index (χ1v) is 11.0. The summed E-state index contributed by atoms with van der Waals surface area (Å²) in [4.78, 5) is 14.2. The molecule has 6 nitrogen and oxygen atoms in total. The average molecular weight is 446 g/mol. The van der Waals surface area contributed by atoms with Crippen LogP contribution in [0.5, 0.6) is 0 Å². The highest BCUT2D eigenvalue weighted by Crippen LogP contribution is 2.26. The number of aromatic nitrogens is 2. The van der Waals surface area contributed by atoms with Crippen LogP contribution in [-0.4, -0.2) is 47.8 Å². The van der Waals surface area contributed by atoms with Crippen LogP contribution >= 0.6 is 15.9 Å². The molecule has 2 N–H and O–H groups in total. The largest absolute Gasteiger partial charge is 0.388 e. The van der Waals surface area contributed by atoms with Crippen LogP contribution in [0.4, 0.5) is 17.6 Å². The van der Waals surface area contributed by atoms with Gasteiger partial charge in [-0.2, -0.15) is 9.97 Å². The van der Waals surface area contributed by atoms with Crippen LogP contribution in [0.2, 0.25) is 0 Å². The lowest BCUT2D eigenvalue weighted by molar-refractivity contribution is 0.171. The van der Waals surface area contributed by atoms with Gasteiger partial charge in [0.2, 0.25) is 5.95 Å². The number of nitrogens with one attached hydrogen (secondary N) is 1. The molecule has 0 aliphatic carbocycles. The van der Waals surface area contributed by atoms with Crippen molar-refractivity contribution < 1.29 is 5.11 Å². The standard InChI is InChI=1S/C21H28BrN5O/c22-17-7-5-16(6-8-17)18(28)9-10-23-21-24-19(26-11-1-2-12-26)15-20(25-21)27-13-3-4-14-27/h5-8,15,18,28H,1-4,9-14H2,(H,23,24,25). The second-order valence-corrected chi connectivity index (χ2v) is 8.49. The normalized spacial score (nSPS) is 17.9. The first-order valence-electron chi connectivity index (χ1n) is 10.3. The van der Waals surface area contributed by atoms with Crippen LogP contribution in [0.25, 0.3) is 0 Å². The second kappa shape index (κ2) is 9.09. The molecule has 0 bridgehead atoms. The number of halogens is 1. The number of anilines is 3. The Balaban J connectivity index is 1.43. The van der Waals surface area contributed by atoms with E-state index in [2.05, 4.69) is 37.1 Å². The zero-order valence-electron chi connectivity index (χ0n) is 16.1. The van der Waals surface area contributed by atoms with E-state index in [4.69, 9.17) is 9.97 Å². The third-order valence-corrected chi connectivity index (χ3v) is 6.04. The minimum atomic E-state index is -0.500. The summed E-state index contributed by atoms with van der Waals surface area (Å²) in [5.74, 6) is 2.70. The Morgan fingerprint density at radius 2 is 1.46 bits per heavy atom. The van der Waals surface area contributed by atoms with E-state index in [1.54, 1.807) is 0 Å². The molecular formula is C21H28BrN5O. The molecule has 28 heavy (non-hydrogen) atoms. The van der Waals surface area contributed by atoms with Crippen molar-refractivity contribution in [1.29, 1.82) is 0 Å². The number of aliphatic hydroxyl groups excluding tert-OH is 1. The Kier molecular flexibility index (Phi) is 6.32. The van der Waals surface area contributed by atoms with Gasteiger partial charge in [0.15, 0.2) is 0 Å². The lowest BCUT2D eigenvalue weighted by atomic mass is 10.1. The summed E-state index contributed by atoms with van der Waals surface area (Å²) in [5, 5.41) is 13.8. The Bertz CT molecular complexity index is 739. The van der Waals surface area contributed by atoms with Crippen LogP contribution in [0.15, 0.2) is 34.8 Å². The van der Waals surface area contributed by atoms with Crippen LogP contribution in [-0.2, 0) is 0 Å². The molecular weight excluding hydrogens is 418 g/mol. The van der Waals surface area contributed by atoms with Crippen molar-refractivity contribution in [2.45, 2.75) is 38.2 Å². The summed E-state index contributed by atoms with van der Waals surface area (Å²) in [6, 6.07) is 9.95. The monoisotopic (exact) mass is 445 g/mol. The average Bonchev–Trinajstić information content (AvgIpc) is 3.42. The van der Waals surface area contributed by atoms with Gasteiger partial charge < -0.3 is 20.2 Å². The number of rotatable bonds is 7. The third-order valence-electron chi connectivity index (χ3n) is 5.51. The highest BCUT2D eigenvalue weighted by atomic mass is 79.9. The maximum Gasteiger partial charge on any atom is 0.226 e. The van der Waals surface area contributed by atoms with E-state index in [9.17, 15) is 5.11 Å². The van der Waals surface area contributed by atoms with Gasteiger partial charge in [-0.1, -0.05) is 28.1 Å². The van der Waals surface area contributed by atoms with Gasteiger partial charge in [-0.25, -0.2) is 0 Å². The summed E-state index contributed by atoms with van der Waals surface area (Å²) in [6.45, 7) is 4.90. The molecule has 0 spiro atoms. The molecule has 2 aliphatic rings. The molecule has 1 unspecified atom stereocenters. The predicted molar refractivity (Wildman–Crippen MR) is 117 cm³/mol. The van der Waals surface area contributed by atoms with Gasteiger partial charge in [0, 0.05) is 43.3 Å². The highest BCUT2D eigenvalue weighted by molar-refractivity contribution is 9.10. The first kappa shape index (κ1) is 19.5. The summed E-state index contributed by atoms with van der Waals surface area (Å²) < 4.78 is 1.02. The molecule has 0 radical (unpaired) electrons. The topological polar surface area (TPSA) is 64.5 Å². The van der Waals surface area contributed by atoms with Gasteiger partial charge in [0.05, 0.1) is 6.10 Å². The minimum absolute atomic E-state index is 0.500. The Morgan fingerprint density at radius 1 is 0.929 bits per heavy atom. The number of nitrogens with zero attached hydrogens (tertiary/aromatic N) is 4. The van der Waals surface area contributed by atoms with Crippen LogP contribution in [0.1, 0.15) is 43.8 Å². The molecule has 0 saturated carbocycles. The molecule has 3 heterocycles. The van der Waals surface area contributed by atoms with E-state index in [0.29, 0.717) is 18.9 Å². The summed E-state index contributed by atoms with van der Waals surface area (Å²) >= 11 is 3.43. The number of aliphatic hydroxyl groups is 1. The van der Waals surface area contributed by atoms with Crippen molar-refractivity contribution in [3.63, 3.8) is 0 Å². The van der Waals surface area contributed by atoms with Crippen molar-refractivity contribution in [3.05, 3.63) is 40.4 Å². The molecule has 0 amide bonds. The Morgan fingerprint density at radius 3 is 2.00 bits per heavy atom. The van der Waals surface area contributed by atoms with Gasteiger partial charge >= 0.3 is 0 Å². The van der Waals surface area contributed by atoms with Crippen molar-refractivity contribution in [2.24, 2.45) is 0 Å². The maximum atomic E-state index is 10.4. The highest BCUT2D eigenvalue weighted by Gasteiger charge is 2.20. The third kappa shape index (κ3) is 4.75. The summed E-state index contributed by atoms with van der Waals surface area (Å²) in [7, 11) is 0. The van der Waals surface area contributed by atoms with E-state index in [1.807, 2.05) is 24.3 Å². The van der Waals surface area contributed by atoms with Crippen molar-refractivity contribution in [3.8, 4) is 0 Å². The van der Waals surface area contributed by atoms with E-state index >= 15 is 0 Å². The molecule has 1 aromatic heterocycles. The van der Waals surface area contributed by atoms with E-state index in [0.717, 1.165) is 47.9 Å². The quantitative estimate of drug-likeness (QED) is 0.671. The van der Waals surface area contributed by atoms with Crippen molar-refractivity contribution in [2.75, 3.05) is 47.8 Å². The second-order valence-electron chi connectivity index (χ2n) is 7.58. The molecule has 1 aromatic carbocycles. The first-order chi connectivity index (χ1) is 13.7. The smallest absolute Gasteiger partial charge is 0.226 e. The molecule has 4 rings (SSSR count). The van der Waals surface area contributed by atoms with Gasteiger partial charge in [-0.05, 0) is 49.8 Å². The van der Waals surface area contributed by atoms with E-state index in [-0.39, 0.29) is 0 Å². The molecule has 1 atom stereocenters. The minimum Gasteiger partial charge on any atom is -0.388 e. The lowest BCUT2D eigenvalue weighted by Crippen LogP contribution is -2.24. The molecule has 2 fully saturated rings. The van der Waals surface area contributed by atoms with Gasteiger partial charge in [-0.15, -0.1) is 0 Å². The fourth-order valence-corrected chi connectivity index (χ4v) is 4.15. The summed E-state index contributed by atoms with van der Waals surface area (Å²) in [5.41, 5.74) is 0.925. The zero-order valence-corrected chi connectivity index (χ0v) is 17.7. The van der Waals surface area contributed by atoms with Gasteiger partial charge in [0.25, 0.3) is 0 Å². The number of benzene rings is 1. The van der Waals surface area contributed by atoms with Gasteiger partial charge in [0.1, 0.15) is 11.6 Å². The SMILES string of the molecule is OC(CCNc1nc(N2CCCC2)cc(N2CCCC2)n1)c1ccc(Br)cc1. The fraction of sp³-hybridized carbons (Fsp3) is 0.524. The Labute approximate surface area is 175 Å². The fourth-order valence-electron chi connectivity index (χ4n) is 3.89. The summed E-state index contributed by atoms with van der Waals surface area (Å²) in [6.07, 6.45) is 5.02. The zero-order chi connectivity index (χ0) is 19.3. The van der Waals surface area contributed by atoms with Crippen LogP contribution < -0.4 is 15.1 Å². The van der Waals surface area contributed by atoms with E-state index < -0.39 is 6.10 Å². The van der Waals surface area contributed by atoms with Crippen molar-refractivity contribution in [1.82, 2.24) is 9.97 Å². The van der Waals surface area contributed by atoms with Crippen LogP contribution in [0.3, 0.4) is 0 Å². The van der Waals surface area contributed by atoms with E-state index in [1.165, 1.54) is 25.7 Å². The molecule has 2 aliphatic heterocycles. The number of hydrogen-bond acceptors (Lipinski definition) is 6. The lowest BCUT2D eigenvalue weighted by Gasteiger charge is -2.22.